The SMILES string of the molecule is O=C(O)CCc1ccc(N2CCNCC2)cc1. The van der Waals surface area contributed by atoms with Crippen molar-refractivity contribution in [3.63, 3.8) is 0 Å². The summed E-state index contributed by atoms with van der Waals surface area (Å²) in [5, 5.41) is 11.9. The van der Waals surface area contributed by atoms with E-state index >= 15 is 0 Å². The van der Waals surface area contributed by atoms with Crippen LogP contribution < -0.4 is 10.2 Å². The molecule has 92 valence electrons. The second-order valence-corrected chi connectivity index (χ2v) is 4.30. The van der Waals surface area contributed by atoms with Crippen molar-refractivity contribution in [2.24, 2.45) is 0 Å². The molecule has 0 spiro atoms. The van der Waals surface area contributed by atoms with E-state index in [4.69, 9.17) is 5.11 Å². The summed E-state index contributed by atoms with van der Waals surface area (Å²) < 4.78 is 0. The van der Waals surface area contributed by atoms with Gasteiger partial charge in [0.25, 0.3) is 0 Å². The molecule has 0 bridgehead atoms. The Hall–Kier alpha value is -1.55. The van der Waals surface area contributed by atoms with Crippen molar-refractivity contribution < 1.29 is 9.90 Å². The van der Waals surface area contributed by atoms with Crippen molar-refractivity contribution in [3.8, 4) is 0 Å². The number of anilines is 1. The summed E-state index contributed by atoms with van der Waals surface area (Å²) >= 11 is 0. The minimum atomic E-state index is -0.740. The van der Waals surface area contributed by atoms with Crippen LogP contribution in [0.2, 0.25) is 0 Å². The van der Waals surface area contributed by atoms with Crippen LogP contribution in [0.15, 0.2) is 24.3 Å². The molecule has 4 nitrogen and oxygen atoms in total. The third-order valence-corrected chi connectivity index (χ3v) is 3.05. The highest BCUT2D eigenvalue weighted by Gasteiger charge is 2.09. The topological polar surface area (TPSA) is 52.6 Å². The number of carbonyl (C=O) groups is 1. The molecule has 0 saturated carbocycles. The molecular weight excluding hydrogens is 216 g/mol. The smallest absolute Gasteiger partial charge is 0.303 e. The van der Waals surface area contributed by atoms with Gasteiger partial charge in [0.15, 0.2) is 0 Å². The summed E-state index contributed by atoms with van der Waals surface area (Å²) in [4.78, 5) is 12.8. The zero-order valence-corrected chi connectivity index (χ0v) is 9.85. The number of hydrogen-bond acceptors (Lipinski definition) is 3. The third-order valence-electron chi connectivity index (χ3n) is 3.05. The first-order valence-electron chi connectivity index (χ1n) is 6.02. The number of benzene rings is 1. The van der Waals surface area contributed by atoms with E-state index in [-0.39, 0.29) is 6.42 Å². The molecule has 1 fully saturated rings. The first-order valence-corrected chi connectivity index (χ1v) is 6.02. The Balaban J connectivity index is 1.94. The highest BCUT2D eigenvalue weighted by molar-refractivity contribution is 5.67. The maximum absolute atomic E-state index is 10.5. The van der Waals surface area contributed by atoms with Crippen molar-refractivity contribution in [1.82, 2.24) is 5.32 Å². The largest absolute Gasteiger partial charge is 0.481 e. The first-order chi connectivity index (χ1) is 8.25. The molecule has 0 aliphatic carbocycles. The minimum Gasteiger partial charge on any atom is -0.481 e. The van der Waals surface area contributed by atoms with E-state index in [1.807, 2.05) is 12.1 Å². The number of carboxylic acid groups (broad SMARTS) is 1. The van der Waals surface area contributed by atoms with Gasteiger partial charge in [-0.2, -0.15) is 0 Å². The van der Waals surface area contributed by atoms with E-state index in [1.54, 1.807) is 0 Å². The summed E-state index contributed by atoms with van der Waals surface area (Å²) in [5.74, 6) is -0.740. The number of piperazine rings is 1. The number of hydrogen-bond donors (Lipinski definition) is 2. The highest BCUT2D eigenvalue weighted by atomic mass is 16.4. The lowest BCUT2D eigenvalue weighted by molar-refractivity contribution is -0.136. The van der Waals surface area contributed by atoms with Crippen molar-refractivity contribution in [3.05, 3.63) is 29.8 Å². The van der Waals surface area contributed by atoms with E-state index in [9.17, 15) is 4.79 Å². The summed E-state index contributed by atoms with van der Waals surface area (Å²) in [6, 6.07) is 8.23. The zero-order valence-electron chi connectivity index (χ0n) is 9.85. The number of carboxylic acids is 1. The van der Waals surface area contributed by atoms with Gasteiger partial charge in [-0.3, -0.25) is 4.79 Å². The fourth-order valence-electron chi connectivity index (χ4n) is 2.05. The standard InChI is InChI=1S/C13H18N2O2/c16-13(17)6-3-11-1-4-12(5-2-11)15-9-7-14-8-10-15/h1-2,4-5,14H,3,6-10H2,(H,16,17). The lowest BCUT2D eigenvalue weighted by Gasteiger charge is -2.29. The highest BCUT2D eigenvalue weighted by Crippen LogP contribution is 2.16. The van der Waals surface area contributed by atoms with Crippen LogP contribution in [-0.4, -0.2) is 37.3 Å². The minimum absolute atomic E-state index is 0.201. The molecule has 0 unspecified atom stereocenters. The molecule has 2 N–H and O–H groups in total. The number of rotatable bonds is 4. The van der Waals surface area contributed by atoms with Gasteiger partial charge in [0.1, 0.15) is 0 Å². The van der Waals surface area contributed by atoms with E-state index in [0.717, 1.165) is 31.7 Å². The van der Waals surface area contributed by atoms with Crippen LogP contribution in [0.4, 0.5) is 5.69 Å². The molecule has 0 aromatic heterocycles. The van der Waals surface area contributed by atoms with Crippen LogP contribution >= 0.6 is 0 Å². The van der Waals surface area contributed by atoms with Crippen molar-refractivity contribution >= 4 is 11.7 Å². The van der Waals surface area contributed by atoms with Gasteiger partial charge in [0.05, 0.1) is 0 Å². The molecule has 1 aromatic rings. The fourth-order valence-corrected chi connectivity index (χ4v) is 2.05. The quantitative estimate of drug-likeness (QED) is 0.819. The van der Waals surface area contributed by atoms with E-state index in [0.29, 0.717) is 6.42 Å². The monoisotopic (exact) mass is 234 g/mol. The Labute approximate surface area is 101 Å². The molecule has 0 amide bonds. The maximum Gasteiger partial charge on any atom is 0.303 e. The average molecular weight is 234 g/mol. The van der Waals surface area contributed by atoms with Crippen LogP contribution in [0.3, 0.4) is 0 Å². The molecular formula is C13H18N2O2. The van der Waals surface area contributed by atoms with Gasteiger partial charge in [-0.15, -0.1) is 0 Å². The van der Waals surface area contributed by atoms with Gasteiger partial charge in [0, 0.05) is 38.3 Å². The molecule has 0 radical (unpaired) electrons. The molecule has 17 heavy (non-hydrogen) atoms. The Kier molecular flexibility index (Phi) is 3.98. The normalized spacial score (nSPS) is 15.9. The van der Waals surface area contributed by atoms with E-state index in [2.05, 4.69) is 22.3 Å². The van der Waals surface area contributed by atoms with E-state index < -0.39 is 5.97 Å². The maximum atomic E-state index is 10.5. The second-order valence-electron chi connectivity index (χ2n) is 4.30. The molecule has 0 atom stereocenters. The fraction of sp³-hybridized carbons (Fsp3) is 0.462. The predicted octanol–water partition coefficient (Wildman–Crippen LogP) is 1.11. The summed E-state index contributed by atoms with van der Waals surface area (Å²) in [6.45, 7) is 4.13. The number of aryl methyl sites for hydroxylation is 1. The van der Waals surface area contributed by atoms with Gasteiger partial charge in [-0.05, 0) is 24.1 Å². The van der Waals surface area contributed by atoms with Gasteiger partial charge >= 0.3 is 5.97 Å². The van der Waals surface area contributed by atoms with Gasteiger partial charge in [-0.1, -0.05) is 12.1 Å². The lowest BCUT2D eigenvalue weighted by atomic mass is 10.1. The third kappa shape index (κ3) is 3.46. The van der Waals surface area contributed by atoms with Crippen molar-refractivity contribution in [2.75, 3.05) is 31.1 Å². The Morgan fingerprint density at radius 3 is 2.47 bits per heavy atom. The van der Waals surface area contributed by atoms with Crippen LogP contribution in [0, 0.1) is 0 Å². The molecule has 1 saturated heterocycles. The first kappa shape index (κ1) is 11.9. The van der Waals surface area contributed by atoms with Crippen molar-refractivity contribution in [2.45, 2.75) is 12.8 Å². The van der Waals surface area contributed by atoms with E-state index in [1.165, 1.54) is 5.69 Å². The van der Waals surface area contributed by atoms with Gasteiger partial charge in [-0.25, -0.2) is 0 Å². The van der Waals surface area contributed by atoms with Crippen LogP contribution in [0.1, 0.15) is 12.0 Å². The Morgan fingerprint density at radius 1 is 1.24 bits per heavy atom. The zero-order chi connectivity index (χ0) is 12.1. The Morgan fingerprint density at radius 2 is 1.88 bits per heavy atom. The molecule has 1 aliphatic rings. The number of aliphatic carboxylic acids is 1. The number of nitrogens with zero attached hydrogens (tertiary/aromatic N) is 1. The molecule has 1 aromatic carbocycles. The second kappa shape index (κ2) is 5.68. The summed E-state index contributed by atoms with van der Waals surface area (Å²) in [5.41, 5.74) is 2.32. The molecule has 2 rings (SSSR count). The Bertz CT molecular complexity index is 370. The van der Waals surface area contributed by atoms with Gasteiger partial charge < -0.3 is 15.3 Å². The van der Waals surface area contributed by atoms with Crippen molar-refractivity contribution in [1.29, 1.82) is 0 Å². The van der Waals surface area contributed by atoms with Gasteiger partial charge in [0.2, 0.25) is 0 Å². The van der Waals surface area contributed by atoms with Crippen LogP contribution in [0.5, 0.6) is 0 Å². The predicted molar refractivity (Wildman–Crippen MR) is 67.5 cm³/mol. The number of nitrogens with one attached hydrogen (secondary N) is 1. The van der Waals surface area contributed by atoms with Crippen LogP contribution in [-0.2, 0) is 11.2 Å². The lowest BCUT2D eigenvalue weighted by Crippen LogP contribution is -2.43. The molecule has 1 heterocycles. The average Bonchev–Trinajstić information content (AvgIpc) is 2.38. The molecule has 1 aliphatic heterocycles. The molecule has 4 heteroatoms. The summed E-state index contributed by atoms with van der Waals surface area (Å²) in [6.07, 6.45) is 0.810. The van der Waals surface area contributed by atoms with Crippen LogP contribution in [0.25, 0.3) is 0 Å². The summed E-state index contributed by atoms with van der Waals surface area (Å²) in [7, 11) is 0.